The Hall–Kier alpha value is -4.48. The van der Waals surface area contributed by atoms with Gasteiger partial charge in [0.15, 0.2) is 15.8 Å². The Morgan fingerprint density at radius 2 is 1.83 bits per heavy atom. The number of ketones is 1. The standard InChI is InChI=1S/C31H26FN3O5S2/c1-3-16-40-23-15-14-20(17-24(23)39-4-2)26-25(27(36)19-10-6-5-7-11-19)28(37)29(38)35(26)30-33-34-31(42-30)41-18-21-12-8-9-13-22(21)32/h3,5-15,17,26,36H,1,4,16,18H2,2H3. The van der Waals surface area contributed by atoms with Crippen molar-refractivity contribution in [3.05, 3.63) is 114 Å². The molecule has 1 saturated heterocycles. The first-order valence-corrected chi connectivity index (χ1v) is 14.8. The van der Waals surface area contributed by atoms with Gasteiger partial charge in [0.25, 0.3) is 5.78 Å². The zero-order valence-electron chi connectivity index (χ0n) is 22.5. The lowest BCUT2D eigenvalue weighted by Crippen LogP contribution is -2.29. The van der Waals surface area contributed by atoms with Crippen LogP contribution >= 0.6 is 23.1 Å². The van der Waals surface area contributed by atoms with Crippen molar-refractivity contribution in [3.63, 3.8) is 0 Å². The molecule has 8 nitrogen and oxygen atoms in total. The molecule has 1 N–H and O–H groups in total. The highest BCUT2D eigenvalue weighted by atomic mass is 32.2. The second-order valence-electron chi connectivity index (χ2n) is 9.00. The highest BCUT2D eigenvalue weighted by Gasteiger charge is 2.48. The van der Waals surface area contributed by atoms with Gasteiger partial charge in [-0.2, -0.15) is 0 Å². The summed E-state index contributed by atoms with van der Waals surface area (Å²) in [6, 6.07) is 19.0. The van der Waals surface area contributed by atoms with Gasteiger partial charge in [-0.25, -0.2) is 4.39 Å². The number of amides is 1. The molecule has 0 radical (unpaired) electrons. The van der Waals surface area contributed by atoms with Crippen molar-refractivity contribution in [2.75, 3.05) is 18.1 Å². The summed E-state index contributed by atoms with van der Waals surface area (Å²) in [4.78, 5) is 28.3. The van der Waals surface area contributed by atoms with Gasteiger partial charge in [0.1, 0.15) is 18.2 Å². The number of halogens is 1. The lowest BCUT2D eigenvalue weighted by Gasteiger charge is -2.23. The van der Waals surface area contributed by atoms with E-state index in [4.69, 9.17) is 9.47 Å². The minimum absolute atomic E-state index is 0.0934. The molecule has 0 saturated carbocycles. The van der Waals surface area contributed by atoms with E-state index in [0.29, 0.717) is 44.9 Å². The van der Waals surface area contributed by atoms with Gasteiger partial charge in [0, 0.05) is 11.3 Å². The van der Waals surface area contributed by atoms with Crippen molar-refractivity contribution in [1.82, 2.24) is 10.2 Å². The summed E-state index contributed by atoms with van der Waals surface area (Å²) >= 11 is 2.36. The highest BCUT2D eigenvalue weighted by molar-refractivity contribution is 8.00. The lowest BCUT2D eigenvalue weighted by molar-refractivity contribution is -0.132. The average Bonchev–Trinajstić information content (AvgIpc) is 3.58. The number of aliphatic hydroxyl groups excluding tert-OH is 1. The molecule has 1 amide bonds. The number of rotatable bonds is 11. The van der Waals surface area contributed by atoms with Crippen molar-refractivity contribution >= 4 is 45.7 Å². The Balaban J connectivity index is 1.58. The van der Waals surface area contributed by atoms with Crippen LogP contribution in [0.15, 0.2) is 95.4 Å². The molecule has 1 unspecified atom stereocenters. The third-order valence-electron chi connectivity index (χ3n) is 6.34. The van der Waals surface area contributed by atoms with Crippen LogP contribution in [0.5, 0.6) is 11.5 Å². The van der Waals surface area contributed by atoms with Crippen molar-refractivity contribution in [2.24, 2.45) is 0 Å². The predicted molar refractivity (Wildman–Crippen MR) is 160 cm³/mol. The largest absolute Gasteiger partial charge is 0.507 e. The fourth-order valence-corrected chi connectivity index (χ4v) is 6.29. The molecule has 1 atom stereocenters. The van der Waals surface area contributed by atoms with Gasteiger partial charge in [-0.15, -0.1) is 10.2 Å². The quantitative estimate of drug-likeness (QED) is 0.0514. The van der Waals surface area contributed by atoms with Gasteiger partial charge < -0.3 is 14.6 Å². The van der Waals surface area contributed by atoms with Crippen molar-refractivity contribution in [3.8, 4) is 11.5 Å². The number of nitrogens with zero attached hydrogens (tertiary/aromatic N) is 3. The Bertz CT molecular complexity index is 1660. The zero-order chi connectivity index (χ0) is 29.6. The molecule has 1 aliphatic rings. The fraction of sp³-hybridized carbons (Fsp3) is 0.161. The van der Waals surface area contributed by atoms with Crippen molar-refractivity contribution < 1.29 is 28.6 Å². The van der Waals surface area contributed by atoms with E-state index in [1.54, 1.807) is 72.8 Å². The number of carbonyl (C=O) groups excluding carboxylic acids is 2. The molecule has 214 valence electrons. The molecule has 2 heterocycles. The molecule has 1 aliphatic heterocycles. The van der Waals surface area contributed by atoms with E-state index in [1.807, 2.05) is 6.92 Å². The Kier molecular flexibility index (Phi) is 8.99. The van der Waals surface area contributed by atoms with E-state index in [2.05, 4.69) is 16.8 Å². The Morgan fingerprint density at radius 1 is 1.07 bits per heavy atom. The molecular weight excluding hydrogens is 577 g/mol. The first-order valence-electron chi connectivity index (χ1n) is 13.0. The number of aromatic nitrogens is 2. The maximum absolute atomic E-state index is 14.1. The first kappa shape index (κ1) is 29.0. The van der Waals surface area contributed by atoms with Crippen LogP contribution in [0.2, 0.25) is 0 Å². The summed E-state index contributed by atoms with van der Waals surface area (Å²) in [6.45, 7) is 6.10. The molecule has 0 aliphatic carbocycles. The summed E-state index contributed by atoms with van der Waals surface area (Å²) in [6.07, 6.45) is 1.61. The van der Waals surface area contributed by atoms with Crippen LogP contribution in [0.3, 0.4) is 0 Å². The predicted octanol–water partition coefficient (Wildman–Crippen LogP) is 6.56. The van der Waals surface area contributed by atoms with E-state index >= 15 is 0 Å². The Labute approximate surface area is 250 Å². The molecule has 0 bridgehead atoms. The molecule has 0 spiro atoms. The van der Waals surface area contributed by atoms with Crippen LogP contribution in [0, 0.1) is 5.82 Å². The third kappa shape index (κ3) is 5.93. The number of ether oxygens (including phenoxy) is 2. The first-order chi connectivity index (χ1) is 20.4. The summed E-state index contributed by atoms with van der Waals surface area (Å²) < 4.78 is 26.2. The number of hydrogen-bond acceptors (Lipinski definition) is 9. The second-order valence-corrected chi connectivity index (χ2v) is 11.2. The molecule has 4 aromatic rings. The SMILES string of the molecule is C=CCOc1ccc(C2C(=C(O)c3ccccc3)C(=O)C(=O)N2c2nnc(SCc3ccccc3F)s2)cc1OCC. The van der Waals surface area contributed by atoms with Crippen LogP contribution in [-0.2, 0) is 15.3 Å². The minimum Gasteiger partial charge on any atom is -0.507 e. The molecule has 42 heavy (non-hydrogen) atoms. The van der Waals surface area contributed by atoms with Crippen molar-refractivity contribution in [2.45, 2.75) is 23.1 Å². The second kappa shape index (κ2) is 13.0. The van der Waals surface area contributed by atoms with E-state index in [0.717, 1.165) is 11.3 Å². The third-order valence-corrected chi connectivity index (χ3v) is 8.45. The summed E-state index contributed by atoms with van der Waals surface area (Å²) in [5.74, 6) is -1.19. The van der Waals surface area contributed by atoms with Crippen LogP contribution < -0.4 is 14.4 Å². The molecule has 1 fully saturated rings. The van der Waals surface area contributed by atoms with Crippen LogP contribution in [-0.4, -0.2) is 40.2 Å². The zero-order valence-corrected chi connectivity index (χ0v) is 24.2. The summed E-state index contributed by atoms with van der Waals surface area (Å²) in [7, 11) is 0. The number of thioether (sulfide) groups is 1. The topological polar surface area (TPSA) is 102 Å². The summed E-state index contributed by atoms with van der Waals surface area (Å²) in [5.41, 5.74) is 1.29. The number of hydrogen-bond donors (Lipinski definition) is 1. The molecule has 11 heteroatoms. The van der Waals surface area contributed by atoms with E-state index in [1.165, 1.54) is 22.7 Å². The van der Waals surface area contributed by atoms with Gasteiger partial charge in [0.2, 0.25) is 5.13 Å². The van der Waals surface area contributed by atoms with Gasteiger partial charge in [-0.05, 0) is 36.2 Å². The van der Waals surface area contributed by atoms with Gasteiger partial charge in [0.05, 0.1) is 18.2 Å². The van der Waals surface area contributed by atoms with Crippen LogP contribution in [0.25, 0.3) is 5.76 Å². The van der Waals surface area contributed by atoms with Crippen LogP contribution in [0.4, 0.5) is 9.52 Å². The molecule has 3 aromatic carbocycles. The maximum atomic E-state index is 14.1. The number of aliphatic hydroxyl groups is 1. The van der Waals surface area contributed by atoms with E-state index < -0.39 is 17.7 Å². The monoisotopic (exact) mass is 603 g/mol. The fourth-order valence-electron chi connectivity index (χ4n) is 4.44. The summed E-state index contributed by atoms with van der Waals surface area (Å²) in [5, 5.41) is 19.9. The minimum atomic E-state index is -1.03. The Morgan fingerprint density at radius 3 is 2.57 bits per heavy atom. The molecule has 1 aromatic heterocycles. The van der Waals surface area contributed by atoms with Gasteiger partial charge >= 0.3 is 5.91 Å². The smallest absolute Gasteiger partial charge is 0.301 e. The normalized spacial score (nSPS) is 16.0. The van der Waals surface area contributed by atoms with E-state index in [9.17, 15) is 19.1 Å². The van der Waals surface area contributed by atoms with Gasteiger partial charge in [-0.1, -0.05) is 90.4 Å². The maximum Gasteiger partial charge on any atom is 0.301 e. The van der Waals surface area contributed by atoms with Gasteiger partial charge in [-0.3, -0.25) is 14.5 Å². The van der Waals surface area contributed by atoms with Crippen LogP contribution in [0.1, 0.15) is 29.7 Å². The average molecular weight is 604 g/mol. The number of benzene rings is 3. The van der Waals surface area contributed by atoms with Crippen molar-refractivity contribution in [1.29, 1.82) is 0 Å². The lowest BCUT2D eigenvalue weighted by atomic mass is 9.95. The molecule has 5 rings (SSSR count). The number of anilines is 1. The van der Waals surface area contributed by atoms with E-state index in [-0.39, 0.29) is 28.9 Å². The number of carbonyl (C=O) groups is 2. The highest BCUT2D eigenvalue weighted by Crippen LogP contribution is 2.45. The molecular formula is C31H26FN3O5S2. The number of Topliss-reactive ketones (excluding diaryl/α,β-unsaturated/α-hetero) is 1.